The van der Waals surface area contributed by atoms with Crippen LogP contribution in [0.25, 0.3) is 0 Å². The maximum Gasteiger partial charge on any atom is 0.305 e. The highest BCUT2D eigenvalue weighted by Gasteiger charge is 2.08. The lowest BCUT2D eigenvalue weighted by Gasteiger charge is -1.99. The van der Waals surface area contributed by atoms with Crippen LogP contribution in [0.1, 0.15) is 16.9 Å². The van der Waals surface area contributed by atoms with Gasteiger partial charge in [0.05, 0.1) is 19.6 Å². The number of carboxylic acid groups (broad SMARTS) is 1. The molecule has 1 heterocycles. The predicted molar refractivity (Wildman–Crippen MR) is 53.9 cm³/mol. The fourth-order valence-corrected chi connectivity index (χ4v) is 1.08. The number of aliphatic carboxylic acids is 1. The molecule has 1 aromatic rings. The van der Waals surface area contributed by atoms with Gasteiger partial charge in [-0.3, -0.25) is 14.3 Å². The molecule has 1 amide bonds. The minimum absolute atomic E-state index is 0.0423. The van der Waals surface area contributed by atoms with Gasteiger partial charge in [-0.05, 0) is 6.07 Å². The van der Waals surface area contributed by atoms with Gasteiger partial charge in [0.1, 0.15) is 5.69 Å². The van der Waals surface area contributed by atoms with Gasteiger partial charge in [0.2, 0.25) is 0 Å². The van der Waals surface area contributed by atoms with Gasteiger partial charge in [-0.25, -0.2) is 0 Å². The van der Waals surface area contributed by atoms with Gasteiger partial charge in [0.15, 0.2) is 0 Å². The van der Waals surface area contributed by atoms with E-state index >= 15 is 0 Å². The first-order valence-corrected chi connectivity index (χ1v) is 4.78. The van der Waals surface area contributed by atoms with Crippen molar-refractivity contribution in [2.75, 3.05) is 13.2 Å². The van der Waals surface area contributed by atoms with Crippen molar-refractivity contribution in [1.82, 2.24) is 15.1 Å². The fourth-order valence-electron chi connectivity index (χ4n) is 1.08. The minimum Gasteiger partial charge on any atom is -0.481 e. The van der Waals surface area contributed by atoms with E-state index in [0.717, 1.165) is 0 Å². The monoisotopic (exact) mass is 227 g/mol. The smallest absolute Gasteiger partial charge is 0.305 e. The number of amides is 1. The molecule has 0 aliphatic heterocycles. The molecule has 1 aromatic heterocycles. The molecule has 0 radical (unpaired) electrons. The number of carbonyl (C=O) groups is 2. The van der Waals surface area contributed by atoms with E-state index in [1.807, 2.05) is 0 Å². The summed E-state index contributed by atoms with van der Waals surface area (Å²) in [4.78, 5) is 21.6. The second-order valence-electron chi connectivity index (χ2n) is 3.09. The van der Waals surface area contributed by atoms with E-state index in [1.54, 1.807) is 0 Å². The summed E-state index contributed by atoms with van der Waals surface area (Å²) in [6.45, 7) is 0.259. The van der Waals surface area contributed by atoms with Gasteiger partial charge in [0.25, 0.3) is 5.91 Å². The van der Waals surface area contributed by atoms with Gasteiger partial charge >= 0.3 is 5.97 Å². The number of aromatic nitrogens is 2. The lowest BCUT2D eigenvalue weighted by Crippen LogP contribution is -2.26. The highest BCUT2D eigenvalue weighted by Crippen LogP contribution is 1.97. The Kier molecular flexibility index (Phi) is 4.46. The van der Waals surface area contributed by atoms with Crippen LogP contribution in [0, 0.1) is 0 Å². The summed E-state index contributed by atoms with van der Waals surface area (Å²) in [5, 5.41) is 23.3. The van der Waals surface area contributed by atoms with Crippen molar-refractivity contribution >= 4 is 11.9 Å². The molecule has 3 N–H and O–H groups in total. The van der Waals surface area contributed by atoms with E-state index in [9.17, 15) is 9.59 Å². The normalized spacial score (nSPS) is 10.1. The van der Waals surface area contributed by atoms with Crippen molar-refractivity contribution in [1.29, 1.82) is 0 Å². The van der Waals surface area contributed by atoms with E-state index in [1.165, 1.54) is 16.9 Å². The Hall–Kier alpha value is -1.89. The molecule has 0 spiro atoms. The summed E-state index contributed by atoms with van der Waals surface area (Å²) in [6, 6.07) is 1.49. The number of hydrogen-bond acceptors (Lipinski definition) is 4. The number of rotatable bonds is 6. The molecule has 0 saturated carbocycles. The Bertz CT molecular complexity index is 375. The summed E-state index contributed by atoms with van der Waals surface area (Å²) in [6.07, 6.45) is 1.50. The Morgan fingerprint density at radius 3 is 2.88 bits per heavy atom. The number of aliphatic hydroxyl groups excluding tert-OH is 1. The van der Waals surface area contributed by atoms with Crippen LogP contribution in [0.2, 0.25) is 0 Å². The van der Waals surface area contributed by atoms with Crippen LogP contribution < -0.4 is 5.32 Å². The Labute approximate surface area is 91.7 Å². The van der Waals surface area contributed by atoms with Crippen molar-refractivity contribution in [3.63, 3.8) is 0 Å². The van der Waals surface area contributed by atoms with E-state index in [-0.39, 0.29) is 37.7 Å². The molecule has 0 atom stereocenters. The standard InChI is InChI=1S/C9H13N3O4/c13-6-3-10-9(16)7-1-4-12(11-7)5-2-8(14)15/h1,4,13H,2-3,5-6H2,(H,10,16)(H,14,15). The molecule has 0 bridgehead atoms. The van der Waals surface area contributed by atoms with Crippen molar-refractivity contribution in [2.45, 2.75) is 13.0 Å². The van der Waals surface area contributed by atoms with Crippen molar-refractivity contribution < 1.29 is 19.8 Å². The number of nitrogens with one attached hydrogen (secondary N) is 1. The van der Waals surface area contributed by atoms with Crippen LogP contribution in [-0.4, -0.2) is 45.0 Å². The molecule has 0 saturated heterocycles. The summed E-state index contributed by atoms with van der Waals surface area (Å²) in [7, 11) is 0. The highest BCUT2D eigenvalue weighted by atomic mass is 16.4. The molecule has 0 aliphatic rings. The Balaban J connectivity index is 2.50. The maximum absolute atomic E-state index is 11.3. The third kappa shape index (κ3) is 3.70. The largest absolute Gasteiger partial charge is 0.481 e. The number of nitrogens with zero attached hydrogens (tertiary/aromatic N) is 2. The van der Waals surface area contributed by atoms with Crippen LogP contribution in [0.4, 0.5) is 0 Å². The van der Waals surface area contributed by atoms with Gasteiger partial charge in [-0.1, -0.05) is 0 Å². The van der Waals surface area contributed by atoms with E-state index < -0.39 is 5.97 Å². The van der Waals surface area contributed by atoms with Crippen LogP contribution >= 0.6 is 0 Å². The molecule has 7 nitrogen and oxygen atoms in total. The summed E-state index contributed by atoms with van der Waals surface area (Å²) < 4.78 is 1.39. The summed E-state index contributed by atoms with van der Waals surface area (Å²) in [5.41, 5.74) is 0.207. The van der Waals surface area contributed by atoms with Gasteiger partial charge < -0.3 is 15.5 Å². The molecule has 0 aromatic carbocycles. The second-order valence-corrected chi connectivity index (χ2v) is 3.09. The second kappa shape index (κ2) is 5.86. The van der Waals surface area contributed by atoms with Crippen molar-refractivity contribution in [2.24, 2.45) is 0 Å². The lowest BCUT2D eigenvalue weighted by atomic mass is 10.4. The van der Waals surface area contributed by atoms with Crippen LogP contribution in [0.5, 0.6) is 0 Å². The van der Waals surface area contributed by atoms with Crippen LogP contribution in [0.3, 0.4) is 0 Å². The predicted octanol–water partition coefficient (Wildman–Crippen LogP) is -0.920. The molecule has 16 heavy (non-hydrogen) atoms. The number of aliphatic hydroxyl groups is 1. The molecular weight excluding hydrogens is 214 g/mol. The number of carboxylic acids is 1. The summed E-state index contributed by atoms with van der Waals surface area (Å²) in [5.74, 6) is -1.30. The maximum atomic E-state index is 11.3. The van der Waals surface area contributed by atoms with Crippen molar-refractivity contribution in [3.05, 3.63) is 18.0 Å². The Morgan fingerprint density at radius 1 is 1.50 bits per heavy atom. The van der Waals surface area contributed by atoms with E-state index in [0.29, 0.717) is 0 Å². The number of aryl methyl sites for hydroxylation is 1. The number of hydrogen-bond donors (Lipinski definition) is 3. The minimum atomic E-state index is -0.915. The molecule has 88 valence electrons. The fraction of sp³-hybridized carbons (Fsp3) is 0.444. The van der Waals surface area contributed by atoms with Gasteiger partial charge in [0, 0.05) is 12.7 Å². The lowest BCUT2D eigenvalue weighted by molar-refractivity contribution is -0.137. The third-order valence-corrected chi connectivity index (χ3v) is 1.83. The molecule has 0 aliphatic carbocycles. The average Bonchev–Trinajstić information content (AvgIpc) is 2.71. The first kappa shape index (κ1) is 12.2. The van der Waals surface area contributed by atoms with E-state index in [4.69, 9.17) is 10.2 Å². The van der Waals surface area contributed by atoms with Gasteiger partial charge in [-0.15, -0.1) is 0 Å². The summed E-state index contributed by atoms with van der Waals surface area (Å²) >= 11 is 0. The Morgan fingerprint density at radius 2 is 2.25 bits per heavy atom. The van der Waals surface area contributed by atoms with E-state index in [2.05, 4.69) is 10.4 Å². The zero-order valence-electron chi connectivity index (χ0n) is 8.59. The highest BCUT2D eigenvalue weighted by molar-refractivity contribution is 5.92. The quantitative estimate of drug-likeness (QED) is 0.583. The van der Waals surface area contributed by atoms with Crippen LogP contribution in [0.15, 0.2) is 12.3 Å². The molecule has 0 unspecified atom stereocenters. The molecule has 0 fully saturated rings. The third-order valence-electron chi connectivity index (χ3n) is 1.83. The zero-order valence-corrected chi connectivity index (χ0v) is 8.59. The first-order chi connectivity index (χ1) is 7.63. The van der Waals surface area contributed by atoms with Gasteiger partial charge in [-0.2, -0.15) is 5.10 Å². The molecule has 1 rings (SSSR count). The number of carbonyl (C=O) groups excluding carboxylic acids is 1. The molecular formula is C9H13N3O4. The first-order valence-electron chi connectivity index (χ1n) is 4.78. The zero-order chi connectivity index (χ0) is 12.0. The van der Waals surface area contributed by atoms with Crippen molar-refractivity contribution in [3.8, 4) is 0 Å². The molecule has 7 heteroatoms. The topological polar surface area (TPSA) is 104 Å². The SMILES string of the molecule is O=C(O)CCn1ccc(C(=O)NCCO)n1. The average molecular weight is 227 g/mol. The van der Waals surface area contributed by atoms with Crippen LogP contribution in [-0.2, 0) is 11.3 Å².